The molecule has 2 heterocycles. The number of methoxy groups -OCH3 is 1. The largest absolute Gasteiger partial charge is 0.495 e. The molecule has 5 rings (SSSR count). The summed E-state index contributed by atoms with van der Waals surface area (Å²) in [5.74, 6) is -4.00. The summed E-state index contributed by atoms with van der Waals surface area (Å²) in [5.41, 5.74) is 0.643. The Morgan fingerprint density at radius 3 is 2.45 bits per heavy atom. The van der Waals surface area contributed by atoms with E-state index in [0.29, 0.717) is 17.1 Å². The normalized spacial score (nSPS) is 16.7. The number of benzene rings is 3. The fourth-order valence-electron chi connectivity index (χ4n) is 4.70. The Bertz CT molecular complexity index is 1650. The summed E-state index contributed by atoms with van der Waals surface area (Å²) in [7, 11) is 5.08. The van der Waals surface area contributed by atoms with Crippen molar-refractivity contribution in [2.24, 2.45) is 0 Å². The van der Waals surface area contributed by atoms with Gasteiger partial charge >= 0.3 is 0 Å². The maximum atomic E-state index is 15.1. The van der Waals surface area contributed by atoms with Crippen LogP contribution in [0.3, 0.4) is 0 Å². The van der Waals surface area contributed by atoms with Gasteiger partial charge in [-0.15, -0.1) is 0 Å². The molecule has 0 aliphatic carbocycles. The molecule has 3 aromatic carbocycles. The van der Waals surface area contributed by atoms with Crippen molar-refractivity contribution in [2.45, 2.75) is 24.6 Å². The molecule has 1 aliphatic heterocycles. The lowest BCUT2D eigenvalue weighted by Gasteiger charge is -2.42. The average molecular weight is 555 g/mol. The number of fused-ring (bicyclic) bond motifs is 1. The highest BCUT2D eigenvalue weighted by molar-refractivity contribution is 6.25. The van der Waals surface area contributed by atoms with Gasteiger partial charge in [-0.25, -0.2) is 0 Å². The highest BCUT2D eigenvalue weighted by Crippen LogP contribution is 2.38. The van der Waals surface area contributed by atoms with Gasteiger partial charge in [0, 0.05) is 27.7 Å². The second-order valence-electron chi connectivity index (χ2n) is 9.45. The van der Waals surface area contributed by atoms with Crippen molar-refractivity contribution in [1.82, 2.24) is 9.78 Å². The first-order valence-electron chi connectivity index (χ1n) is 12.2. The van der Waals surface area contributed by atoms with Crippen molar-refractivity contribution in [3.63, 3.8) is 0 Å². The van der Waals surface area contributed by atoms with Gasteiger partial charge in [-0.1, -0.05) is 42.5 Å². The molecule has 0 saturated heterocycles. The molecule has 0 unspecified atom stereocenters. The zero-order valence-corrected chi connectivity index (χ0v) is 22.5. The Balaban J connectivity index is 1.44. The molecule has 1 atom stereocenters. The third kappa shape index (κ3) is 4.63. The Labute approximate surface area is 232 Å². The molecule has 1 aliphatic rings. The number of nitrogens with zero attached hydrogens (tertiary/aromatic N) is 4. The van der Waals surface area contributed by atoms with E-state index >= 15 is 8.78 Å². The topological polar surface area (TPSA) is 100 Å². The van der Waals surface area contributed by atoms with Gasteiger partial charge in [0.25, 0.3) is 17.7 Å². The van der Waals surface area contributed by atoms with Gasteiger partial charge in [-0.3, -0.25) is 14.3 Å². The molecule has 2 amide bonds. The van der Waals surface area contributed by atoms with E-state index in [1.807, 2.05) is 6.07 Å². The Morgan fingerprint density at radius 2 is 1.80 bits per heavy atom. The number of rotatable bonds is 6. The van der Waals surface area contributed by atoms with Crippen molar-refractivity contribution in [3.8, 4) is 11.8 Å². The average Bonchev–Trinajstić information content (AvgIpc) is 3.37. The molecule has 0 bridgehead atoms. The number of amides is 2. The van der Waals surface area contributed by atoms with Gasteiger partial charge < -0.3 is 15.0 Å². The van der Waals surface area contributed by atoms with E-state index in [2.05, 4.69) is 20.7 Å². The fraction of sp³-hybridized carbons (Fsp3) is 0.172. The molecule has 0 saturated carbocycles. The van der Waals surface area contributed by atoms with Crippen LogP contribution in [0.25, 0.3) is 0 Å². The van der Waals surface area contributed by atoms with Crippen LogP contribution in [0, 0.1) is 11.3 Å². The molecule has 199 valence electrons. The minimum Gasteiger partial charge on any atom is -0.495 e. The van der Waals surface area contributed by atoms with Gasteiger partial charge in [0.15, 0.2) is 0 Å². The van der Waals surface area contributed by atoms with E-state index in [1.165, 1.54) is 65.4 Å². The molecular formula is C29H22F2N5O3Si. The lowest BCUT2D eigenvalue weighted by molar-refractivity contribution is 0.0428. The van der Waals surface area contributed by atoms with Crippen molar-refractivity contribution in [2.75, 3.05) is 17.3 Å². The Kier molecular flexibility index (Phi) is 6.73. The predicted octanol–water partition coefficient (Wildman–Crippen LogP) is 4.70. The zero-order valence-electron chi connectivity index (χ0n) is 21.5. The first-order valence-corrected chi connectivity index (χ1v) is 12.7. The van der Waals surface area contributed by atoms with Crippen LogP contribution in [-0.2, 0) is 12.5 Å². The summed E-state index contributed by atoms with van der Waals surface area (Å²) in [4.78, 5) is 28.4. The van der Waals surface area contributed by atoms with E-state index in [0.717, 1.165) is 0 Å². The number of carbonyl (C=O) groups excluding carboxylic acids is 2. The lowest BCUT2D eigenvalue weighted by Crippen LogP contribution is -2.58. The Morgan fingerprint density at radius 1 is 1.12 bits per heavy atom. The third-order valence-corrected chi connectivity index (χ3v) is 7.02. The number of halogens is 2. The van der Waals surface area contributed by atoms with Gasteiger partial charge in [0.2, 0.25) is 0 Å². The number of aromatic nitrogens is 2. The number of alkyl halides is 2. The SMILES string of the molecule is COc1ccc(NC(=O)c2cnn3c2C(=O)N(c2ccc(C(F)(F)c4ccccc4)cc2)[C@@](C)([Si])C3)cc1C#N. The van der Waals surface area contributed by atoms with E-state index < -0.39 is 22.9 Å². The van der Waals surface area contributed by atoms with Crippen molar-refractivity contribution >= 4 is 33.4 Å². The van der Waals surface area contributed by atoms with E-state index in [1.54, 1.807) is 37.3 Å². The molecular weight excluding hydrogens is 532 g/mol. The van der Waals surface area contributed by atoms with Gasteiger partial charge in [-0.05, 0) is 37.3 Å². The molecule has 8 nitrogen and oxygen atoms in total. The highest BCUT2D eigenvalue weighted by atomic mass is 28.1. The summed E-state index contributed by atoms with van der Waals surface area (Å²) in [6.45, 7) is 1.93. The molecule has 1 aromatic heterocycles. The Hall–Kier alpha value is -4.82. The summed E-state index contributed by atoms with van der Waals surface area (Å²) in [6.07, 6.45) is 1.30. The van der Waals surface area contributed by atoms with Crippen LogP contribution in [0.5, 0.6) is 5.75 Å². The lowest BCUT2D eigenvalue weighted by atomic mass is 9.99. The second-order valence-corrected chi connectivity index (χ2v) is 10.5. The molecule has 4 aromatic rings. The molecule has 0 fully saturated rings. The smallest absolute Gasteiger partial charge is 0.298 e. The summed E-state index contributed by atoms with van der Waals surface area (Å²) in [6, 6.07) is 19.6. The molecule has 1 N–H and O–H groups in total. The number of hydrogen-bond acceptors (Lipinski definition) is 5. The van der Waals surface area contributed by atoms with Gasteiger partial charge in [0.05, 0.1) is 41.2 Å². The second kappa shape index (κ2) is 10.1. The predicted molar refractivity (Wildman–Crippen MR) is 145 cm³/mol. The maximum Gasteiger partial charge on any atom is 0.298 e. The number of nitriles is 1. The van der Waals surface area contributed by atoms with Crippen LogP contribution in [0.2, 0.25) is 0 Å². The molecule has 40 heavy (non-hydrogen) atoms. The maximum absolute atomic E-state index is 15.1. The molecule has 0 spiro atoms. The summed E-state index contributed by atoms with van der Waals surface area (Å²) < 4.78 is 36.7. The highest BCUT2D eigenvalue weighted by Gasteiger charge is 2.43. The van der Waals surface area contributed by atoms with Crippen molar-refractivity contribution in [3.05, 3.63) is 107 Å². The quantitative estimate of drug-likeness (QED) is 0.348. The van der Waals surface area contributed by atoms with Crippen LogP contribution < -0.4 is 15.0 Å². The minimum absolute atomic E-state index is 0.0266. The van der Waals surface area contributed by atoms with E-state index in [9.17, 15) is 14.9 Å². The van der Waals surface area contributed by atoms with Gasteiger partial charge in [0.1, 0.15) is 17.5 Å². The van der Waals surface area contributed by atoms with Crippen LogP contribution in [0.1, 0.15) is 44.5 Å². The number of anilines is 2. The monoisotopic (exact) mass is 554 g/mol. The number of carbonyl (C=O) groups is 2. The standard InChI is InChI=1S/C29H22F2N5O3Si/c1-28(40)17-35-25(23(16-33-35)26(37)34-21-10-13-24(39-2)18(14-21)15-32)27(38)36(28)22-11-8-20(9-12-22)29(30,31)19-6-4-3-5-7-19/h3-14,16H,17H2,1-2H3,(H,34,37)/t28-/m0/s1. The van der Waals surface area contributed by atoms with E-state index in [-0.39, 0.29) is 34.5 Å². The van der Waals surface area contributed by atoms with Crippen LogP contribution in [-0.4, -0.2) is 44.1 Å². The minimum atomic E-state index is -3.22. The van der Waals surface area contributed by atoms with Crippen LogP contribution in [0.4, 0.5) is 20.2 Å². The van der Waals surface area contributed by atoms with Crippen molar-refractivity contribution < 1.29 is 23.1 Å². The molecule has 11 heteroatoms. The number of nitrogens with one attached hydrogen (secondary N) is 1. The zero-order chi connectivity index (χ0) is 28.7. The molecule has 3 radical (unpaired) electrons. The van der Waals surface area contributed by atoms with Crippen LogP contribution >= 0.6 is 0 Å². The first kappa shape index (κ1) is 26.8. The van der Waals surface area contributed by atoms with Crippen LogP contribution in [0.15, 0.2) is 79.0 Å². The van der Waals surface area contributed by atoms with E-state index in [4.69, 9.17) is 4.74 Å². The summed E-state index contributed by atoms with van der Waals surface area (Å²) in [5, 5.41) is 15.3. The van der Waals surface area contributed by atoms with Gasteiger partial charge in [-0.2, -0.15) is 19.1 Å². The van der Waals surface area contributed by atoms with Crippen molar-refractivity contribution in [1.29, 1.82) is 5.26 Å². The number of ether oxygens (including phenoxy) is 1. The summed E-state index contributed by atoms with van der Waals surface area (Å²) >= 11 is 0. The fourth-order valence-corrected chi connectivity index (χ4v) is 5.08. The first-order chi connectivity index (χ1) is 19.1. The number of hydrogen-bond donors (Lipinski definition) is 1. The third-order valence-electron chi connectivity index (χ3n) is 6.64.